The van der Waals surface area contributed by atoms with Crippen LogP contribution < -0.4 is 20.1 Å². The molecule has 1 atom stereocenters. The van der Waals surface area contributed by atoms with Crippen LogP contribution in [0, 0.1) is 0 Å². The highest BCUT2D eigenvalue weighted by molar-refractivity contribution is 7.89. The van der Waals surface area contributed by atoms with Crippen molar-refractivity contribution in [3.8, 4) is 5.75 Å². The lowest BCUT2D eigenvalue weighted by molar-refractivity contribution is 0.340. The average molecular weight is 347 g/mol. The van der Waals surface area contributed by atoms with Crippen LogP contribution in [0.2, 0.25) is 0 Å². The second kappa shape index (κ2) is 10.2. The number of hydrogen-bond acceptors (Lipinski definition) is 5. The third-order valence-electron chi connectivity index (χ3n) is 3.59. The summed E-state index contributed by atoms with van der Waals surface area (Å²) >= 11 is -1.33. The van der Waals surface area contributed by atoms with Gasteiger partial charge in [0.05, 0.1) is 18.0 Å². The van der Waals surface area contributed by atoms with E-state index in [1.165, 1.54) is 5.69 Å². The van der Waals surface area contributed by atoms with Crippen molar-refractivity contribution in [1.29, 1.82) is 0 Å². The summed E-state index contributed by atoms with van der Waals surface area (Å²) in [5.41, 5.74) is 1.27. The lowest BCUT2D eigenvalue weighted by atomic mass is 10.2. The number of rotatable bonds is 4. The van der Waals surface area contributed by atoms with Gasteiger partial charge in [0.2, 0.25) is 0 Å². The van der Waals surface area contributed by atoms with E-state index in [-0.39, 0.29) is 0 Å². The summed E-state index contributed by atoms with van der Waals surface area (Å²) in [7, 11) is 0. The zero-order chi connectivity index (χ0) is 17.2. The van der Waals surface area contributed by atoms with Crippen molar-refractivity contribution in [2.45, 2.75) is 11.8 Å². The molecule has 0 saturated carbocycles. The molecule has 0 amide bonds. The van der Waals surface area contributed by atoms with E-state index in [0.29, 0.717) is 4.90 Å². The minimum atomic E-state index is -1.33. The molecule has 6 heteroatoms. The minimum absolute atomic E-state index is 0.664. The van der Waals surface area contributed by atoms with Gasteiger partial charge in [-0.3, -0.25) is 0 Å². The van der Waals surface area contributed by atoms with E-state index in [0.717, 1.165) is 38.5 Å². The van der Waals surface area contributed by atoms with Gasteiger partial charge in [-0.25, -0.2) is 0 Å². The fraction of sp³-hybridized carbons (Fsp3) is 0.333. The SMILES string of the molecule is CCOc1cccc(N2CCNCC2)c1.N[S+]([O-])c1ccccc1. The number of piperazine rings is 1. The number of benzene rings is 2. The largest absolute Gasteiger partial charge is 0.593 e. The Kier molecular flexibility index (Phi) is 7.91. The van der Waals surface area contributed by atoms with Crippen LogP contribution >= 0.6 is 0 Å². The third kappa shape index (κ3) is 6.05. The van der Waals surface area contributed by atoms with E-state index >= 15 is 0 Å². The smallest absolute Gasteiger partial charge is 0.173 e. The van der Waals surface area contributed by atoms with Crippen molar-refractivity contribution in [2.75, 3.05) is 37.7 Å². The molecule has 1 fully saturated rings. The molecule has 3 N–H and O–H groups in total. The zero-order valence-corrected chi connectivity index (χ0v) is 14.8. The Labute approximate surface area is 147 Å². The van der Waals surface area contributed by atoms with Gasteiger partial charge in [0.25, 0.3) is 0 Å². The second-order valence-corrected chi connectivity index (χ2v) is 6.34. The Morgan fingerprint density at radius 2 is 1.83 bits per heavy atom. The fourth-order valence-corrected chi connectivity index (χ4v) is 2.84. The lowest BCUT2D eigenvalue weighted by Crippen LogP contribution is -2.43. The van der Waals surface area contributed by atoms with Gasteiger partial charge in [0, 0.05) is 37.9 Å². The molecule has 2 aromatic rings. The molecule has 2 aromatic carbocycles. The van der Waals surface area contributed by atoms with Gasteiger partial charge in [0.15, 0.2) is 4.90 Å². The topological polar surface area (TPSA) is 73.6 Å². The molecule has 0 aliphatic carbocycles. The number of hydrogen-bond donors (Lipinski definition) is 2. The first kappa shape index (κ1) is 18.6. The highest BCUT2D eigenvalue weighted by atomic mass is 32.2. The molecule has 1 saturated heterocycles. The van der Waals surface area contributed by atoms with Crippen LogP contribution in [0.4, 0.5) is 5.69 Å². The Morgan fingerprint density at radius 3 is 2.42 bits per heavy atom. The van der Waals surface area contributed by atoms with E-state index in [9.17, 15) is 4.55 Å². The average Bonchev–Trinajstić information content (AvgIpc) is 2.64. The van der Waals surface area contributed by atoms with Gasteiger partial charge >= 0.3 is 0 Å². The van der Waals surface area contributed by atoms with E-state index < -0.39 is 11.4 Å². The Hall–Kier alpha value is -1.73. The number of nitrogens with one attached hydrogen (secondary N) is 1. The summed E-state index contributed by atoms with van der Waals surface area (Å²) in [5, 5.41) is 8.44. The van der Waals surface area contributed by atoms with Crippen molar-refractivity contribution >= 4 is 17.0 Å². The third-order valence-corrected chi connectivity index (χ3v) is 4.32. The molecular formula is C18H25N3O2S. The Bertz CT molecular complexity index is 590. The van der Waals surface area contributed by atoms with E-state index in [4.69, 9.17) is 9.88 Å². The van der Waals surface area contributed by atoms with Gasteiger partial charge < -0.3 is 19.5 Å². The highest BCUT2D eigenvalue weighted by Gasteiger charge is 2.10. The highest BCUT2D eigenvalue weighted by Crippen LogP contribution is 2.21. The number of nitrogens with zero attached hydrogens (tertiary/aromatic N) is 1. The van der Waals surface area contributed by atoms with E-state index in [1.807, 2.05) is 19.1 Å². The maximum Gasteiger partial charge on any atom is 0.173 e. The molecule has 130 valence electrons. The predicted octanol–water partition coefficient (Wildman–Crippen LogP) is 2.16. The number of nitrogens with two attached hydrogens (primary N) is 1. The summed E-state index contributed by atoms with van der Waals surface area (Å²) in [6.45, 7) is 7.03. The van der Waals surface area contributed by atoms with Crippen molar-refractivity contribution in [2.24, 2.45) is 5.14 Å². The maximum absolute atomic E-state index is 10.5. The van der Waals surface area contributed by atoms with Gasteiger partial charge in [-0.1, -0.05) is 24.3 Å². The molecule has 0 bridgehead atoms. The maximum atomic E-state index is 10.5. The van der Waals surface area contributed by atoms with Crippen LogP contribution in [0.15, 0.2) is 59.5 Å². The van der Waals surface area contributed by atoms with Gasteiger partial charge in [-0.2, -0.15) is 0 Å². The molecule has 0 aromatic heterocycles. The van der Waals surface area contributed by atoms with Crippen LogP contribution in [-0.4, -0.2) is 37.3 Å². The quantitative estimate of drug-likeness (QED) is 0.829. The normalized spacial score (nSPS) is 15.2. The van der Waals surface area contributed by atoms with Crippen molar-refractivity contribution in [3.05, 3.63) is 54.6 Å². The molecule has 24 heavy (non-hydrogen) atoms. The van der Waals surface area contributed by atoms with Crippen LogP contribution in [0.25, 0.3) is 0 Å². The lowest BCUT2D eigenvalue weighted by Gasteiger charge is -2.29. The first-order valence-corrected chi connectivity index (χ1v) is 9.31. The van der Waals surface area contributed by atoms with Crippen LogP contribution in [0.5, 0.6) is 5.75 Å². The van der Waals surface area contributed by atoms with Crippen LogP contribution in [0.3, 0.4) is 0 Å². The summed E-state index contributed by atoms with van der Waals surface area (Å²) in [6.07, 6.45) is 0. The minimum Gasteiger partial charge on any atom is -0.593 e. The molecule has 1 aliphatic rings. The summed E-state index contributed by atoms with van der Waals surface area (Å²) in [4.78, 5) is 3.05. The monoisotopic (exact) mass is 347 g/mol. The van der Waals surface area contributed by atoms with Gasteiger partial charge in [0.1, 0.15) is 5.75 Å². The fourth-order valence-electron chi connectivity index (χ4n) is 2.41. The Balaban J connectivity index is 0.000000198. The van der Waals surface area contributed by atoms with Crippen molar-refractivity contribution in [3.63, 3.8) is 0 Å². The number of anilines is 1. The second-order valence-electron chi connectivity index (χ2n) is 5.28. The molecule has 0 spiro atoms. The predicted molar refractivity (Wildman–Crippen MR) is 99.7 cm³/mol. The Morgan fingerprint density at radius 1 is 1.12 bits per heavy atom. The van der Waals surface area contributed by atoms with E-state index in [1.54, 1.807) is 24.3 Å². The summed E-state index contributed by atoms with van der Waals surface area (Å²) in [6, 6.07) is 17.3. The molecule has 1 unspecified atom stereocenters. The molecule has 5 nitrogen and oxygen atoms in total. The van der Waals surface area contributed by atoms with Crippen LogP contribution in [-0.2, 0) is 11.4 Å². The standard InChI is InChI=1S/C12H18N2O.C6H7NOS/c1-2-15-12-5-3-4-11(10-12)14-8-6-13-7-9-14;7-9(8)6-4-2-1-3-5-6/h3-5,10,13H,2,6-9H2,1H3;1-5H,7H2. The zero-order valence-electron chi connectivity index (χ0n) is 14.0. The van der Waals surface area contributed by atoms with Crippen LogP contribution in [0.1, 0.15) is 6.92 Å². The van der Waals surface area contributed by atoms with Crippen molar-refractivity contribution < 1.29 is 9.29 Å². The first-order chi connectivity index (χ1) is 11.7. The molecule has 1 aliphatic heterocycles. The summed E-state index contributed by atoms with van der Waals surface area (Å²) in [5.74, 6) is 0.966. The summed E-state index contributed by atoms with van der Waals surface area (Å²) < 4.78 is 16.0. The molecule has 3 rings (SSSR count). The molecular weight excluding hydrogens is 322 g/mol. The molecule has 1 heterocycles. The van der Waals surface area contributed by atoms with Gasteiger partial charge in [-0.15, -0.1) is 5.14 Å². The van der Waals surface area contributed by atoms with E-state index in [2.05, 4.69) is 28.4 Å². The van der Waals surface area contributed by atoms with Crippen molar-refractivity contribution in [1.82, 2.24) is 5.32 Å². The van der Waals surface area contributed by atoms with Gasteiger partial charge in [-0.05, 0) is 31.2 Å². The number of ether oxygens (including phenoxy) is 1. The molecule has 0 radical (unpaired) electrons. The first-order valence-electron chi connectivity index (χ1n) is 8.10.